The number of methoxy groups -OCH3 is 1. The van der Waals surface area contributed by atoms with Gasteiger partial charge in [-0.15, -0.1) is 0 Å². The van der Waals surface area contributed by atoms with Crippen molar-refractivity contribution in [3.8, 4) is 6.01 Å². The fraction of sp³-hybridized carbons (Fsp3) is 0.714. The Morgan fingerprint density at radius 2 is 2.00 bits per heavy atom. The van der Waals surface area contributed by atoms with E-state index in [1.54, 1.807) is 13.3 Å². The molecular formula is C14H20ClN3O3. The summed E-state index contributed by atoms with van der Waals surface area (Å²) in [6.45, 7) is 1.41. The van der Waals surface area contributed by atoms with E-state index in [2.05, 4.69) is 14.9 Å². The number of hydrogen-bond donors (Lipinski definition) is 0. The van der Waals surface area contributed by atoms with E-state index in [0.29, 0.717) is 36.1 Å². The molecule has 1 aliphatic carbocycles. The Morgan fingerprint density at radius 1 is 1.33 bits per heavy atom. The lowest BCUT2D eigenvalue weighted by atomic mass is 9.89. The van der Waals surface area contributed by atoms with Gasteiger partial charge >= 0.3 is 6.01 Å². The second kappa shape index (κ2) is 5.94. The van der Waals surface area contributed by atoms with E-state index in [1.807, 2.05) is 7.05 Å². The van der Waals surface area contributed by atoms with E-state index < -0.39 is 0 Å². The molecule has 0 atom stereocenters. The molecule has 1 saturated heterocycles. The predicted octanol–water partition coefficient (Wildman–Crippen LogP) is 2.26. The number of aromatic nitrogens is 2. The van der Waals surface area contributed by atoms with Crippen LogP contribution in [0.15, 0.2) is 6.20 Å². The van der Waals surface area contributed by atoms with E-state index in [-0.39, 0.29) is 5.79 Å². The summed E-state index contributed by atoms with van der Waals surface area (Å²) in [6.07, 6.45) is 5.36. The number of anilines is 1. The highest BCUT2D eigenvalue weighted by Gasteiger charge is 2.41. The molecule has 116 valence electrons. The van der Waals surface area contributed by atoms with Gasteiger partial charge in [-0.1, -0.05) is 11.6 Å². The Kier molecular flexibility index (Phi) is 4.19. The van der Waals surface area contributed by atoms with Crippen LogP contribution in [0.5, 0.6) is 6.01 Å². The molecule has 0 unspecified atom stereocenters. The highest BCUT2D eigenvalue weighted by Crippen LogP contribution is 2.38. The van der Waals surface area contributed by atoms with Gasteiger partial charge in [0.25, 0.3) is 0 Å². The molecule has 1 spiro atoms. The zero-order chi connectivity index (χ0) is 14.9. The second-order valence-corrected chi connectivity index (χ2v) is 5.89. The normalized spacial score (nSPS) is 21.7. The van der Waals surface area contributed by atoms with Crippen molar-refractivity contribution in [1.82, 2.24) is 9.97 Å². The first kappa shape index (κ1) is 14.8. The van der Waals surface area contributed by atoms with Crippen LogP contribution in [0, 0.1) is 0 Å². The molecule has 3 rings (SSSR count). The molecule has 0 radical (unpaired) electrons. The van der Waals surface area contributed by atoms with Crippen molar-refractivity contribution in [3.63, 3.8) is 0 Å². The number of rotatable bonds is 3. The summed E-state index contributed by atoms with van der Waals surface area (Å²) < 4.78 is 16.6. The molecule has 21 heavy (non-hydrogen) atoms. The average molecular weight is 314 g/mol. The van der Waals surface area contributed by atoms with Crippen LogP contribution in [0.2, 0.25) is 5.02 Å². The molecule has 2 heterocycles. The quantitative estimate of drug-likeness (QED) is 0.853. The van der Waals surface area contributed by atoms with Gasteiger partial charge < -0.3 is 19.1 Å². The van der Waals surface area contributed by atoms with Gasteiger partial charge in [-0.2, -0.15) is 4.98 Å². The molecule has 1 aromatic rings. The van der Waals surface area contributed by atoms with Crippen LogP contribution in [0.3, 0.4) is 0 Å². The van der Waals surface area contributed by atoms with Crippen molar-refractivity contribution in [2.45, 2.75) is 37.5 Å². The minimum absolute atomic E-state index is 0.330. The molecule has 1 aromatic heterocycles. The van der Waals surface area contributed by atoms with Crippen LogP contribution >= 0.6 is 11.6 Å². The maximum atomic E-state index is 6.22. The summed E-state index contributed by atoms with van der Waals surface area (Å²) in [5.74, 6) is 0.363. The lowest BCUT2D eigenvalue weighted by molar-refractivity contribution is -0.178. The molecule has 0 aromatic carbocycles. The molecule has 1 saturated carbocycles. The Hall–Kier alpha value is -1.11. The van der Waals surface area contributed by atoms with Crippen LogP contribution in [-0.4, -0.2) is 49.2 Å². The third kappa shape index (κ3) is 2.93. The molecule has 0 N–H and O–H groups in total. The second-order valence-electron chi connectivity index (χ2n) is 5.48. The highest BCUT2D eigenvalue weighted by atomic mass is 35.5. The Balaban J connectivity index is 1.70. The van der Waals surface area contributed by atoms with E-state index >= 15 is 0 Å². The minimum Gasteiger partial charge on any atom is -0.467 e. The van der Waals surface area contributed by atoms with Crippen LogP contribution in [0.1, 0.15) is 25.7 Å². The van der Waals surface area contributed by atoms with Gasteiger partial charge in [0.2, 0.25) is 0 Å². The summed E-state index contributed by atoms with van der Waals surface area (Å²) in [4.78, 5) is 10.5. The maximum Gasteiger partial charge on any atom is 0.318 e. The summed E-state index contributed by atoms with van der Waals surface area (Å²) in [5.41, 5.74) is 0. The first-order chi connectivity index (χ1) is 10.1. The topological polar surface area (TPSA) is 56.7 Å². The van der Waals surface area contributed by atoms with Gasteiger partial charge in [-0.3, -0.25) is 0 Å². The Labute approximate surface area is 129 Å². The summed E-state index contributed by atoms with van der Waals surface area (Å²) in [5, 5.41) is 0.534. The lowest BCUT2D eigenvalue weighted by Crippen LogP contribution is -2.43. The van der Waals surface area contributed by atoms with E-state index in [4.69, 9.17) is 25.8 Å². The predicted molar refractivity (Wildman–Crippen MR) is 78.9 cm³/mol. The third-order valence-corrected chi connectivity index (χ3v) is 4.56. The van der Waals surface area contributed by atoms with Gasteiger partial charge in [-0.05, 0) is 12.8 Å². The standard InChI is InChI=1S/C14H20ClN3O3/c1-18(12-11(15)9-16-13(17-12)19-2)10-3-5-14(6-4-10)20-7-8-21-14/h9-10H,3-8H2,1-2H3. The van der Waals surface area contributed by atoms with Crippen LogP contribution in [-0.2, 0) is 9.47 Å². The number of ether oxygens (including phenoxy) is 3. The minimum atomic E-state index is -0.343. The molecule has 0 amide bonds. The first-order valence-corrected chi connectivity index (χ1v) is 7.59. The molecule has 6 nitrogen and oxygen atoms in total. The highest BCUT2D eigenvalue weighted by molar-refractivity contribution is 6.32. The number of hydrogen-bond acceptors (Lipinski definition) is 6. The van der Waals surface area contributed by atoms with Crippen LogP contribution < -0.4 is 9.64 Å². The summed E-state index contributed by atoms with van der Waals surface area (Å²) in [6, 6.07) is 0.691. The maximum absolute atomic E-state index is 6.22. The molecule has 7 heteroatoms. The van der Waals surface area contributed by atoms with Gasteiger partial charge in [0, 0.05) is 25.9 Å². The monoisotopic (exact) mass is 313 g/mol. The van der Waals surface area contributed by atoms with E-state index in [1.165, 1.54) is 0 Å². The van der Waals surface area contributed by atoms with Gasteiger partial charge in [0.1, 0.15) is 5.02 Å². The smallest absolute Gasteiger partial charge is 0.318 e. The third-order valence-electron chi connectivity index (χ3n) is 4.30. The van der Waals surface area contributed by atoms with Crippen molar-refractivity contribution < 1.29 is 14.2 Å². The van der Waals surface area contributed by atoms with Gasteiger partial charge in [0.05, 0.1) is 26.5 Å². The lowest BCUT2D eigenvalue weighted by Gasteiger charge is -2.39. The molecule has 2 aliphatic rings. The zero-order valence-electron chi connectivity index (χ0n) is 12.3. The Bertz CT molecular complexity index is 498. The number of nitrogens with zero attached hydrogens (tertiary/aromatic N) is 3. The van der Waals surface area contributed by atoms with E-state index in [9.17, 15) is 0 Å². The fourth-order valence-corrected chi connectivity index (χ4v) is 3.30. The van der Waals surface area contributed by atoms with Gasteiger partial charge in [-0.25, -0.2) is 4.98 Å². The van der Waals surface area contributed by atoms with Crippen LogP contribution in [0.25, 0.3) is 0 Å². The SMILES string of the molecule is COc1ncc(Cl)c(N(C)C2CCC3(CC2)OCCO3)n1. The van der Waals surface area contributed by atoms with Gasteiger partial charge in [0.15, 0.2) is 11.6 Å². The van der Waals surface area contributed by atoms with Crippen molar-refractivity contribution in [1.29, 1.82) is 0 Å². The molecule has 0 bridgehead atoms. The number of halogens is 1. The van der Waals surface area contributed by atoms with Crippen molar-refractivity contribution >= 4 is 17.4 Å². The molecule has 1 aliphatic heterocycles. The van der Waals surface area contributed by atoms with Crippen molar-refractivity contribution in [2.75, 3.05) is 32.3 Å². The van der Waals surface area contributed by atoms with Crippen molar-refractivity contribution in [2.24, 2.45) is 0 Å². The largest absolute Gasteiger partial charge is 0.467 e. The Morgan fingerprint density at radius 3 is 2.62 bits per heavy atom. The first-order valence-electron chi connectivity index (χ1n) is 7.21. The van der Waals surface area contributed by atoms with E-state index in [0.717, 1.165) is 25.7 Å². The zero-order valence-corrected chi connectivity index (χ0v) is 13.1. The summed E-state index contributed by atoms with van der Waals surface area (Å²) >= 11 is 6.22. The molecular weight excluding hydrogens is 294 g/mol. The average Bonchev–Trinajstić information content (AvgIpc) is 2.96. The molecule has 2 fully saturated rings. The van der Waals surface area contributed by atoms with Crippen molar-refractivity contribution in [3.05, 3.63) is 11.2 Å². The van der Waals surface area contributed by atoms with Crippen LogP contribution in [0.4, 0.5) is 5.82 Å². The fourth-order valence-electron chi connectivity index (χ4n) is 3.08. The summed E-state index contributed by atoms with van der Waals surface area (Å²) in [7, 11) is 3.55.